The van der Waals surface area contributed by atoms with Crippen LogP contribution in [-0.4, -0.2) is 12.4 Å². The average molecular weight is 232 g/mol. The summed E-state index contributed by atoms with van der Waals surface area (Å²) >= 11 is 0. The lowest BCUT2D eigenvalue weighted by Gasteiger charge is -2.14. The Balaban J connectivity index is 3.27. The number of amidine groups is 1. The summed E-state index contributed by atoms with van der Waals surface area (Å²) in [4.78, 5) is 0. The predicted molar refractivity (Wildman–Crippen MR) is 53.6 cm³/mol. The first-order valence-electron chi connectivity index (χ1n) is 4.54. The maximum atomic E-state index is 12.6. The van der Waals surface area contributed by atoms with Crippen molar-refractivity contribution in [2.75, 3.05) is 6.61 Å². The SMILES string of the molecule is CCOc1ccc(C(=N)N)cc1C(F)(F)F. The third-order valence-corrected chi connectivity index (χ3v) is 1.90. The summed E-state index contributed by atoms with van der Waals surface area (Å²) in [5.74, 6) is -0.659. The van der Waals surface area contributed by atoms with E-state index in [-0.39, 0.29) is 17.9 Å². The van der Waals surface area contributed by atoms with Crippen molar-refractivity contribution >= 4 is 5.84 Å². The van der Waals surface area contributed by atoms with E-state index in [0.29, 0.717) is 0 Å². The third-order valence-electron chi connectivity index (χ3n) is 1.90. The fraction of sp³-hybridized carbons (Fsp3) is 0.300. The maximum absolute atomic E-state index is 12.6. The minimum atomic E-state index is -4.52. The van der Waals surface area contributed by atoms with Crippen molar-refractivity contribution in [3.63, 3.8) is 0 Å². The van der Waals surface area contributed by atoms with Gasteiger partial charge in [0, 0.05) is 5.56 Å². The monoisotopic (exact) mass is 232 g/mol. The number of halogens is 3. The number of ether oxygens (including phenoxy) is 1. The maximum Gasteiger partial charge on any atom is 0.419 e. The molecule has 0 spiro atoms. The first-order valence-corrected chi connectivity index (χ1v) is 4.54. The van der Waals surface area contributed by atoms with Crippen molar-refractivity contribution in [1.29, 1.82) is 5.41 Å². The van der Waals surface area contributed by atoms with Crippen LogP contribution in [0.2, 0.25) is 0 Å². The molecule has 1 aromatic rings. The van der Waals surface area contributed by atoms with Gasteiger partial charge < -0.3 is 10.5 Å². The zero-order chi connectivity index (χ0) is 12.3. The number of hydrogen-bond acceptors (Lipinski definition) is 2. The molecule has 16 heavy (non-hydrogen) atoms. The molecule has 6 heteroatoms. The second-order valence-electron chi connectivity index (χ2n) is 3.06. The first kappa shape index (κ1) is 12.4. The first-order chi connectivity index (χ1) is 7.36. The van der Waals surface area contributed by atoms with Crippen LogP contribution in [0.1, 0.15) is 18.1 Å². The van der Waals surface area contributed by atoms with Gasteiger partial charge in [-0.15, -0.1) is 0 Å². The number of benzene rings is 1. The van der Waals surface area contributed by atoms with E-state index in [1.165, 1.54) is 12.1 Å². The largest absolute Gasteiger partial charge is 0.493 e. The van der Waals surface area contributed by atoms with Gasteiger partial charge in [-0.2, -0.15) is 13.2 Å². The van der Waals surface area contributed by atoms with Crippen LogP contribution in [0.25, 0.3) is 0 Å². The summed E-state index contributed by atoms with van der Waals surface area (Å²) in [6, 6.07) is 3.30. The lowest BCUT2D eigenvalue weighted by atomic mass is 10.1. The van der Waals surface area contributed by atoms with Crippen molar-refractivity contribution in [2.24, 2.45) is 5.73 Å². The van der Waals surface area contributed by atoms with Crippen LogP contribution >= 0.6 is 0 Å². The topological polar surface area (TPSA) is 59.1 Å². The molecule has 0 aliphatic rings. The Hall–Kier alpha value is -1.72. The molecule has 0 fully saturated rings. The highest BCUT2D eigenvalue weighted by atomic mass is 19.4. The second kappa shape index (κ2) is 4.42. The molecule has 0 aliphatic heterocycles. The lowest BCUT2D eigenvalue weighted by Crippen LogP contribution is -2.14. The van der Waals surface area contributed by atoms with Gasteiger partial charge in [-0.25, -0.2) is 0 Å². The van der Waals surface area contributed by atoms with E-state index in [2.05, 4.69) is 0 Å². The molecule has 0 bridgehead atoms. The molecule has 0 aromatic heterocycles. The number of nitrogen functional groups attached to an aromatic ring is 1. The fourth-order valence-electron chi connectivity index (χ4n) is 1.20. The molecule has 0 aliphatic carbocycles. The van der Waals surface area contributed by atoms with Crippen LogP contribution in [0, 0.1) is 5.41 Å². The highest BCUT2D eigenvalue weighted by Crippen LogP contribution is 2.36. The van der Waals surface area contributed by atoms with E-state index in [4.69, 9.17) is 15.9 Å². The summed E-state index contributed by atoms with van der Waals surface area (Å²) in [7, 11) is 0. The molecule has 3 nitrogen and oxygen atoms in total. The molecule has 3 N–H and O–H groups in total. The minimum absolute atomic E-state index is 0.0239. The zero-order valence-corrected chi connectivity index (χ0v) is 8.56. The van der Waals surface area contributed by atoms with Gasteiger partial charge in [0.1, 0.15) is 11.6 Å². The van der Waals surface area contributed by atoms with Crippen molar-refractivity contribution in [3.05, 3.63) is 29.3 Å². The highest BCUT2D eigenvalue weighted by Gasteiger charge is 2.34. The molecule has 0 amide bonds. The van der Waals surface area contributed by atoms with E-state index < -0.39 is 17.6 Å². The van der Waals surface area contributed by atoms with Crippen molar-refractivity contribution in [2.45, 2.75) is 13.1 Å². The molecule has 0 heterocycles. The van der Waals surface area contributed by atoms with Crippen molar-refractivity contribution < 1.29 is 17.9 Å². The number of rotatable bonds is 3. The van der Waals surface area contributed by atoms with Gasteiger partial charge in [0.25, 0.3) is 0 Å². The zero-order valence-electron chi connectivity index (χ0n) is 8.56. The molecule has 1 rings (SSSR count). The fourth-order valence-corrected chi connectivity index (χ4v) is 1.20. The molecule has 0 unspecified atom stereocenters. The lowest BCUT2D eigenvalue weighted by molar-refractivity contribution is -0.138. The Kier molecular flexibility index (Phi) is 3.41. The molecular weight excluding hydrogens is 221 g/mol. The van der Waals surface area contributed by atoms with Crippen LogP contribution in [0.4, 0.5) is 13.2 Å². The molecule has 0 saturated carbocycles. The normalized spacial score (nSPS) is 11.2. The molecule has 0 radical (unpaired) electrons. The number of nitrogens with two attached hydrogens (primary N) is 1. The van der Waals surface area contributed by atoms with Crippen LogP contribution < -0.4 is 10.5 Å². The van der Waals surface area contributed by atoms with Crippen LogP contribution in [0.3, 0.4) is 0 Å². The van der Waals surface area contributed by atoms with Crippen LogP contribution in [-0.2, 0) is 6.18 Å². The van der Waals surface area contributed by atoms with Gasteiger partial charge in [0.2, 0.25) is 0 Å². The minimum Gasteiger partial charge on any atom is -0.493 e. The van der Waals surface area contributed by atoms with E-state index >= 15 is 0 Å². The summed E-state index contributed by atoms with van der Waals surface area (Å²) in [5.41, 5.74) is 4.23. The molecule has 0 saturated heterocycles. The van der Waals surface area contributed by atoms with Crippen molar-refractivity contribution in [3.8, 4) is 5.75 Å². The molecular formula is C10H11F3N2O. The summed E-state index contributed by atoms with van der Waals surface area (Å²) in [6.07, 6.45) is -4.52. The van der Waals surface area contributed by atoms with Crippen LogP contribution in [0.15, 0.2) is 18.2 Å². The number of alkyl halides is 3. The smallest absolute Gasteiger partial charge is 0.419 e. The van der Waals surface area contributed by atoms with E-state index in [1.807, 2.05) is 0 Å². The van der Waals surface area contributed by atoms with Crippen LogP contribution in [0.5, 0.6) is 5.75 Å². The van der Waals surface area contributed by atoms with Gasteiger partial charge >= 0.3 is 6.18 Å². The standard InChI is InChI=1S/C10H11F3N2O/c1-2-16-8-4-3-6(9(14)15)5-7(8)10(11,12)13/h3-5H,2H2,1H3,(H3,14,15). The Morgan fingerprint density at radius 1 is 1.44 bits per heavy atom. The van der Waals surface area contributed by atoms with Gasteiger partial charge in [0.15, 0.2) is 0 Å². The molecule has 88 valence electrons. The van der Waals surface area contributed by atoms with Gasteiger partial charge in [-0.1, -0.05) is 0 Å². The van der Waals surface area contributed by atoms with E-state index in [1.54, 1.807) is 6.92 Å². The quantitative estimate of drug-likeness (QED) is 0.621. The Morgan fingerprint density at radius 2 is 2.06 bits per heavy atom. The van der Waals surface area contributed by atoms with E-state index in [9.17, 15) is 13.2 Å². The summed E-state index contributed by atoms with van der Waals surface area (Å²) in [5, 5.41) is 7.08. The molecule has 0 atom stereocenters. The van der Waals surface area contributed by atoms with Gasteiger partial charge in [-0.05, 0) is 25.1 Å². The van der Waals surface area contributed by atoms with E-state index in [0.717, 1.165) is 6.07 Å². The Bertz CT molecular complexity index is 402. The second-order valence-corrected chi connectivity index (χ2v) is 3.06. The van der Waals surface area contributed by atoms with Gasteiger partial charge in [0.05, 0.1) is 12.2 Å². The average Bonchev–Trinajstić information content (AvgIpc) is 2.16. The molecule has 1 aromatic carbocycles. The summed E-state index contributed by atoms with van der Waals surface area (Å²) in [6.45, 7) is 1.74. The highest BCUT2D eigenvalue weighted by molar-refractivity contribution is 5.95. The Morgan fingerprint density at radius 3 is 2.50 bits per heavy atom. The predicted octanol–water partition coefficient (Wildman–Crippen LogP) is 2.39. The van der Waals surface area contributed by atoms with Gasteiger partial charge in [-0.3, -0.25) is 5.41 Å². The number of nitrogens with one attached hydrogen (secondary N) is 1. The summed E-state index contributed by atoms with van der Waals surface area (Å²) < 4.78 is 42.7. The third kappa shape index (κ3) is 2.65. The Labute approximate surface area is 90.5 Å². The van der Waals surface area contributed by atoms with Crippen molar-refractivity contribution in [1.82, 2.24) is 0 Å². The number of hydrogen-bond donors (Lipinski definition) is 2.